The van der Waals surface area contributed by atoms with Crippen LogP contribution < -0.4 is 0 Å². The summed E-state index contributed by atoms with van der Waals surface area (Å²) < 4.78 is 0. The number of aromatic nitrogens is 1. The van der Waals surface area contributed by atoms with Gasteiger partial charge in [-0.2, -0.15) is 0 Å². The topological polar surface area (TPSA) is 73.4 Å². The summed E-state index contributed by atoms with van der Waals surface area (Å²) >= 11 is 0. The van der Waals surface area contributed by atoms with E-state index in [1.165, 1.54) is 0 Å². The van der Waals surface area contributed by atoms with Crippen LogP contribution in [0.2, 0.25) is 0 Å². The number of carboxylic acids is 1. The van der Waals surface area contributed by atoms with Gasteiger partial charge in [-0.1, -0.05) is 0 Å². The lowest BCUT2D eigenvalue weighted by molar-refractivity contribution is -0.147. The van der Waals surface area contributed by atoms with E-state index >= 15 is 0 Å². The summed E-state index contributed by atoms with van der Waals surface area (Å²) in [5.41, 5.74) is 3.04. The maximum atomic E-state index is 12.6. The van der Waals surface area contributed by atoms with Gasteiger partial charge in [-0.3, -0.25) is 9.59 Å². The van der Waals surface area contributed by atoms with Gasteiger partial charge in [0.2, 0.25) is 0 Å². The molecule has 3 rings (SSSR count). The zero-order chi connectivity index (χ0) is 16.1. The number of nitrogens with one attached hydrogen (secondary N) is 1. The summed E-state index contributed by atoms with van der Waals surface area (Å²) in [5, 5.41) is 10.3. The predicted molar refractivity (Wildman–Crippen MR) is 84.0 cm³/mol. The monoisotopic (exact) mass is 300 g/mol. The fourth-order valence-corrected chi connectivity index (χ4v) is 3.09. The number of nitrogens with zero attached hydrogens (tertiary/aromatic N) is 1. The zero-order valence-electron chi connectivity index (χ0n) is 13.1. The molecule has 1 aliphatic rings. The molecule has 1 aromatic carbocycles. The van der Waals surface area contributed by atoms with Crippen LogP contribution in [0.25, 0.3) is 10.9 Å². The molecule has 1 aliphatic heterocycles. The van der Waals surface area contributed by atoms with Crippen LogP contribution in [0.1, 0.15) is 35.0 Å². The van der Waals surface area contributed by atoms with Gasteiger partial charge in [-0.15, -0.1) is 0 Å². The average Bonchev–Trinajstić information content (AvgIpc) is 3.01. The Balaban J connectivity index is 1.90. The molecule has 0 aliphatic carbocycles. The van der Waals surface area contributed by atoms with Crippen LogP contribution in [0, 0.1) is 19.3 Å². The number of aromatic amines is 1. The third-order valence-electron chi connectivity index (χ3n) is 4.83. The minimum Gasteiger partial charge on any atom is -0.481 e. The molecule has 2 N–H and O–H groups in total. The van der Waals surface area contributed by atoms with Crippen molar-refractivity contribution in [2.24, 2.45) is 5.41 Å². The van der Waals surface area contributed by atoms with E-state index in [2.05, 4.69) is 4.98 Å². The molecule has 1 atom stereocenters. The Hall–Kier alpha value is -2.30. The van der Waals surface area contributed by atoms with Crippen LogP contribution in [-0.2, 0) is 4.79 Å². The summed E-state index contributed by atoms with van der Waals surface area (Å²) in [7, 11) is 0. The Bertz CT molecular complexity index is 778. The molecule has 1 amide bonds. The smallest absolute Gasteiger partial charge is 0.311 e. The summed E-state index contributed by atoms with van der Waals surface area (Å²) in [5.74, 6) is -0.930. The quantitative estimate of drug-likeness (QED) is 0.895. The van der Waals surface area contributed by atoms with Crippen LogP contribution >= 0.6 is 0 Å². The molecular formula is C17H20N2O3. The van der Waals surface area contributed by atoms with Crippen molar-refractivity contribution in [2.75, 3.05) is 13.1 Å². The first-order chi connectivity index (χ1) is 10.3. The van der Waals surface area contributed by atoms with Gasteiger partial charge in [0, 0.05) is 35.2 Å². The van der Waals surface area contributed by atoms with E-state index in [1.807, 2.05) is 26.0 Å². The lowest BCUT2D eigenvalue weighted by atomic mass is 9.90. The largest absolute Gasteiger partial charge is 0.481 e. The SMILES string of the molecule is Cc1[nH]c2ccc(C(=O)N3CCC(C)(C(=O)O)C3)cc2c1C. The van der Waals surface area contributed by atoms with E-state index in [9.17, 15) is 14.7 Å². The molecule has 0 saturated carbocycles. The fourth-order valence-electron chi connectivity index (χ4n) is 3.09. The Kier molecular flexibility index (Phi) is 3.24. The van der Waals surface area contributed by atoms with E-state index in [4.69, 9.17) is 0 Å². The highest BCUT2D eigenvalue weighted by atomic mass is 16.4. The van der Waals surface area contributed by atoms with Gasteiger partial charge >= 0.3 is 5.97 Å². The number of hydrogen-bond donors (Lipinski definition) is 2. The van der Waals surface area contributed by atoms with Gasteiger partial charge in [0.05, 0.1) is 5.41 Å². The highest BCUT2D eigenvalue weighted by Gasteiger charge is 2.42. The number of amides is 1. The molecule has 1 saturated heterocycles. The highest BCUT2D eigenvalue weighted by molar-refractivity contribution is 5.99. The molecule has 0 bridgehead atoms. The maximum absolute atomic E-state index is 12.6. The summed E-state index contributed by atoms with van der Waals surface area (Å²) in [6, 6.07) is 5.61. The van der Waals surface area contributed by atoms with Crippen LogP contribution in [0.3, 0.4) is 0 Å². The minimum absolute atomic E-state index is 0.0925. The van der Waals surface area contributed by atoms with Crippen LogP contribution in [0.15, 0.2) is 18.2 Å². The summed E-state index contributed by atoms with van der Waals surface area (Å²) in [4.78, 5) is 28.9. The number of benzene rings is 1. The molecule has 0 spiro atoms. The summed E-state index contributed by atoms with van der Waals surface area (Å²) in [6.07, 6.45) is 0.499. The Morgan fingerprint density at radius 3 is 2.68 bits per heavy atom. The zero-order valence-corrected chi connectivity index (χ0v) is 13.1. The number of likely N-dealkylation sites (tertiary alicyclic amines) is 1. The Morgan fingerprint density at radius 2 is 2.05 bits per heavy atom. The van der Waals surface area contributed by atoms with Crippen molar-refractivity contribution in [3.05, 3.63) is 35.0 Å². The molecule has 1 fully saturated rings. The molecule has 116 valence electrons. The fraction of sp³-hybridized carbons (Fsp3) is 0.412. The molecule has 1 aromatic heterocycles. The first kappa shape index (κ1) is 14.6. The van der Waals surface area contributed by atoms with E-state index in [1.54, 1.807) is 17.9 Å². The molecule has 2 aromatic rings. The molecule has 2 heterocycles. The molecule has 1 unspecified atom stereocenters. The van der Waals surface area contributed by atoms with Gasteiger partial charge in [0.1, 0.15) is 0 Å². The first-order valence-electron chi connectivity index (χ1n) is 7.43. The van der Waals surface area contributed by atoms with Crippen molar-refractivity contribution in [1.82, 2.24) is 9.88 Å². The number of hydrogen-bond acceptors (Lipinski definition) is 2. The molecule has 5 nitrogen and oxygen atoms in total. The van der Waals surface area contributed by atoms with Crippen molar-refractivity contribution in [2.45, 2.75) is 27.2 Å². The first-order valence-corrected chi connectivity index (χ1v) is 7.43. The second-order valence-electron chi connectivity index (χ2n) is 6.48. The van der Waals surface area contributed by atoms with Gasteiger partial charge in [-0.05, 0) is 51.0 Å². The maximum Gasteiger partial charge on any atom is 0.311 e. The molecule has 22 heavy (non-hydrogen) atoms. The number of carboxylic acid groups (broad SMARTS) is 1. The van der Waals surface area contributed by atoms with Gasteiger partial charge in [0.25, 0.3) is 5.91 Å². The van der Waals surface area contributed by atoms with Gasteiger partial charge in [0.15, 0.2) is 0 Å². The number of aliphatic carboxylic acids is 1. The average molecular weight is 300 g/mol. The van der Waals surface area contributed by atoms with Crippen molar-refractivity contribution in [3.63, 3.8) is 0 Å². The number of aryl methyl sites for hydroxylation is 2. The van der Waals surface area contributed by atoms with Crippen molar-refractivity contribution >= 4 is 22.8 Å². The molecule has 0 radical (unpaired) electrons. The van der Waals surface area contributed by atoms with Gasteiger partial charge in [-0.25, -0.2) is 0 Å². The second kappa shape index (κ2) is 4.87. The van der Waals surface area contributed by atoms with Crippen molar-refractivity contribution in [3.8, 4) is 0 Å². The van der Waals surface area contributed by atoms with E-state index in [-0.39, 0.29) is 12.5 Å². The Labute approximate surface area is 128 Å². The van der Waals surface area contributed by atoms with E-state index in [0.717, 1.165) is 22.2 Å². The third kappa shape index (κ3) is 2.17. The Morgan fingerprint density at radius 1 is 1.32 bits per heavy atom. The summed E-state index contributed by atoms with van der Waals surface area (Å²) in [6.45, 7) is 6.50. The van der Waals surface area contributed by atoms with Crippen molar-refractivity contribution < 1.29 is 14.7 Å². The lowest BCUT2D eigenvalue weighted by Gasteiger charge is -2.20. The number of fused-ring (bicyclic) bond motifs is 1. The number of carbonyl (C=O) groups is 2. The third-order valence-corrected chi connectivity index (χ3v) is 4.83. The van der Waals surface area contributed by atoms with Crippen LogP contribution in [0.4, 0.5) is 0 Å². The highest BCUT2D eigenvalue weighted by Crippen LogP contribution is 2.31. The number of rotatable bonds is 2. The van der Waals surface area contributed by atoms with Crippen molar-refractivity contribution in [1.29, 1.82) is 0 Å². The normalized spacial score (nSPS) is 21.5. The van der Waals surface area contributed by atoms with Crippen LogP contribution in [-0.4, -0.2) is 40.0 Å². The van der Waals surface area contributed by atoms with Gasteiger partial charge < -0.3 is 15.0 Å². The van der Waals surface area contributed by atoms with Crippen LogP contribution in [0.5, 0.6) is 0 Å². The molecule has 5 heteroatoms. The second-order valence-corrected chi connectivity index (χ2v) is 6.48. The van der Waals surface area contributed by atoms with E-state index < -0.39 is 11.4 Å². The van der Waals surface area contributed by atoms with E-state index in [0.29, 0.717) is 18.5 Å². The molecular weight excluding hydrogens is 280 g/mol. The predicted octanol–water partition coefficient (Wildman–Crippen LogP) is 2.72. The standard InChI is InChI=1S/C17H20N2O3/c1-10-11(2)18-14-5-4-12(8-13(10)14)15(20)19-7-6-17(3,9-19)16(21)22/h4-5,8,18H,6-7,9H2,1-3H3,(H,21,22). The lowest BCUT2D eigenvalue weighted by Crippen LogP contribution is -2.34. The number of H-pyrrole nitrogens is 1. The number of carbonyl (C=O) groups excluding carboxylic acids is 1. The minimum atomic E-state index is -0.838.